The number of hydrogen-bond acceptors (Lipinski definition) is 6. The van der Waals surface area contributed by atoms with Crippen LogP contribution in [0.2, 0.25) is 5.02 Å². The van der Waals surface area contributed by atoms with E-state index in [1.807, 2.05) is 0 Å². The molecule has 0 saturated carbocycles. The van der Waals surface area contributed by atoms with Crippen molar-refractivity contribution in [2.75, 3.05) is 27.9 Å². The summed E-state index contributed by atoms with van der Waals surface area (Å²) in [7, 11) is 4.02. The number of halogens is 4. The van der Waals surface area contributed by atoms with Gasteiger partial charge in [0.2, 0.25) is 0 Å². The molecule has 166 valence electrons. The van der Waals surface area contributed by atoms with Gasteiger partial charge in [-0.25, -0.2) is 13.2 Å². The summed E-state index contributed by atoms with van der Waals surface area (Å²) in [6.45, 7) is -0.501. The highest BCUT2D eigenvalue weighted by molar-refractivity contribution is 6.46. The van der Waals surface area contributed by atoms with Crippen molar-refractivity contribution in [1.82, 2.24) is 5.32 Å². The molecule has 0 bridgehead atoms. The third kappa shape index (κ3) is 5.74. The summed E-state index contributed by atoms with van der Waals surface area (Å²) >= 11 is 6.25. The van der Waals surface area contributed by atoms with E-state index >= 15 is 0 Å². The van der Waals surface area contributed by atoms with E-state index in [0.29, 0.717) is 11.1 Å². The molecule has 1 amide bonds. The molecule has 0 radical (unpaired) electrons. The van der Waals surface area contributed by atoms with Crippen molar-refractivity contribution in [2.24, 2.45) is 10.3 Å². The summed E-state index contributed by atoms with van der Waals surface area (Å²) in [6, 6.07) is 6.53. The highest BCUT2D eigenvalue weighted by Crippen LogP contribution is 2.23. The molecule has 0 aliphatic carbocycles. The number of carbonyl (C=O) groups excluding carboxylic acids is 1. The Kier molecular flexibility index (Phi) is 8.83. The van der Waals surface area contributed by atoms with Crippen molar-refractivity contribution in [3.8, 4) is 0 Å². The van der Waals surface area contributed by atoms with Crippen molar-refractivity contribution in [1.29, 1.82) is 0 Å². The summed E-state index contributed by atoms with van der Waals surface area (Å²) in [4.78, 5) is 22.2. The van der Waals surface area contributed by atoms with Gasteiger partial charge in [0, 0.05) is 35.9 Å². The molecule has 1 N–H and O–H groups in total. The maximum atomic E-state index is 14.1. The van der Waals surface area contributed by atoms with E-state index in [1.54, 1.807) is 18.2 Å². The second-order valence-electron chi connectivity index (χ2n) is 5.93. The lowest BCUT2D eigenvalue weighted by Gasteiger charge is -2.13. The predicted molar refractivity (Wildman–Crippen MR) is 109 cm³/mol. The first-order valence-electron chi connectivity index (χ1n) is 8.78. The monoisotopic (exact) mass is 457 g/mol. The average Bonchev–Trinajstić information content (AvgIpc) is 2.76. The number of rotatable bonds is 9. The molecule has 31 heavy (non-hydrogen) atoms. The van der Waals surface area contributed by atoms with E-state index < -0.39 is 23.4 Å². The Balaban J connectivity index is 2.39. The molecule has 0 fully saturated rings. The molecule has 0 aliphatic rings. The summed E-state index contributed by atoms with van der Waals surface area (Å²) in [6.07, 6.45) is 0. The van der Waals surface area contributed by atoms with E-state index in [1.165, 1.54) is 21.3 Å². The number of oxime groups is 2. The molecule has 2 aromatic carbocycles. The van der Waals surface area contributed by atoms with E-state index in [2.05, 4.69) is 15.6 Å². The van der Waals surface area contributed by atoms with Gasteiger partial charge < -0.3 is 19.7 Å². The number of ether oxygens (including phenoxy) is 1. The van der Waals surface area contributed by atoms with Gasteiger partial charge in [0.1, 0.15) is 19.4 Å². The van der Waals surface area contributed by atoms with Crippen molar-refractivity contribution < 1.29 is 32.4 Å². The molecule has 0 aliphatic heterocycles. The molecule has 0 saturated heterocycles. The Morgan fingerprint density at radius 2 is 1.81 bits per heavy atom. The number of carbonyl (C=O) groups is 1. The van der Waals surface area contributed by atoms with Crippen LogP contribution in [0, 0.1) is 17.5 Å². The van der Waals surface area contributed by atoms with Crippen molar-refractivity contribution >= 4 is 28.9 Å². The molecule has 0 heterocycles. The number of nitrogens with zero attached hydrogens (tertiary/aromatic N) is 2. The van der Waals surface area contributed by atoms with Crippen LogP contribution in [0.25, 0.3) is 0 Å². The quantitative estimate of drug-likeness (QED) is 0.355. The van der Waals surface area contributed by atoms with Crippen LogP contribution in [0.3, 0.4) is 0 Å². The zero-order chi connectivity index (χ0) is 23.0. The lowest BCUT2D eigenvalue weighted by atomic mass is 10.0. The fourth-order valence-electron chi connectivity index (χ4n) is 2.56. The Hall–Kier alpha value is -3.11. The molecular formula is C20H19ClF3N3O4. The topological polar surface area (TPSA) is 81.5 Å². The fourth-order valence-corrected chi connectivity index (χ4v) is 2.79. The first kappa shape index (κ1) is 24.2. The van der Waals surface area contributed by atoms with E-state index in [4.69, 9.17) is 26.0 Å². The minimum absolute atomic E-state index is 0.0566. The fraction of sp³-hybridized carbons (Fsp3) is 0.250. The van der Waals surface area contributed by atoms with Gasteiger partial charge in [-0.2, -0.15) is 0 Å². The van der Waals surface area contributed by atoms with Gasteiger partial charge in [0.15, 0.2) is 23.2 Å². The zero-order valence-electron chi connectivity index (χ0n) is 16.8. The number of benzene rings is 2. The van der Waals surface area contributed by atoms with Gasteiger partial charge in [-0.3, -0.25) is 4.79 Å². The smallest absolute Gasteiger partial charge is 0.273 e. The van der Waals surface area contributed by atoms with Crippen molar-refractivity contribution in [3.63, 3.8) is 0 Å². The van der Waals surface area contributed by atoms with E-state index in [0.717, 1.165) is 12.1 Å². The van der Waals surface area contributed by atoms with Crippen molar-refractivity contribution in [3.05, 3.63) is 69.5 Å². The van der Waals surface area contributed by atoms with Crippen LogP contribution >= 0.6 is 11.6 Å². The average molecular weight is 458 g/mol. The Bertz CT molecular complexity index is 1020. The summed E-state index contributed by atoms with van der Waals surface area (Å²) in [5.74, 6) is -4.93. The molecular weight excluding hydrogens is 439 g/mol. The molecule has 0 unspecified atom stereocenters. The summed E-state index contributed by atoms with van der Waals surface area (Å²) < 4.78 is 45.9. The normalized spacial score (nSPS) is 12.0. The summed E-state index contributed by atoms with van der Waals surface area (Å²) in [5, 5.41) is 10.2. The first-order chi connectivity index (χ1) is 14.8. The molecule has 0 spiro atoms. The van der Waals surface area contributed by atoms with Gasteiger partial charge in [-0.05, 0) is 18.2 Å². The van der Waals surface area contributed by atoms with Gasteiger partial charge >= 0.3 is 0 Å². The number of hydrogen-bond donors (Lipinski definition) is 1. The second kappa shape index (κ2) is 11.3. The van der Waals surface area contributed by atoms with Crippen LogP contribution < -0.4 is 5.32 Å². The van der Waals surface area contributed by atoms with Crippen LogP contribution in [0.4, 0.5) is 13.2 Å². The summed E-state index contributed by atoms with van der Waals surface area (Å²) in [5.41, 5.74) is 0.154. The van der Waals surface area contributed by atoms with Gasteiger partial charge in [0.05, 0.1) is 6.61 Å². The highest BCUT2D eigenvalue weighted by Gasteiger charge is 2.21. The Morgan fingerprint density at radius 3 is 2.45 bits per heavy atom. The van der Waals surface area contributed by atoms with E-state index in [9.17, 15) is 18.0 Å². The van der Waals surface area contributed by atoms with Crippen LogP contribution in [-0.4, -0.2) is 45.2 Å². The largest absolute Gasteiger partial charge is 0.398 e. The lowest BCUT2D eigenvalue weighted by Crippen LogP contribution is -2.29. The minimum Gasteiger partial charge on any atom is -0.398 e. The maximum Gasteiger partial charge on any atom is 0.273 e. The molecule has 0 aromatic heterocycles. The predicted octanol–water partition coefficient (Wildman–Crippen LogP) is 3.42. The van der Waals surface area contributed by atoms with E-state index in [-0.39, 0.29) is 35.2 Å². The standard InChI is InChI=1S/C20H19ClF3N3O4/c1-25-20(28)19(27-30-3)11-5-4-6-14(21)13(11)9-31-26-16(10-29-2)12-7-8-15(22)18(24)17(12)23/h4-8H,9-10H2,1-3H3,(H,25,28)/b26-16+,27-19+. The Labute approximate surface area is 181 Å². The van der Waals surface area contributed by atoms with Gasteiger partial charge in [0.25, 0.3) is 5.91 Å². The third-order valence-corrected chi connectivity index (χ3v) is 4.36. The SMILES string of the molecule is CNC(=O)/C(=N/OC)c1cccc(Cl)c1CO/N=C(\COC)c1ccc(F)c(F)c1F. The molecule has 11 heteroatoms. The number of nitrogens with one attached hydrogen (secondary N) is 1. The Morgan fingerprint density at radius 1 is 1.06 bits per heavy atom. The molecule has 7 nitrogen and oxygen atoms in total. The van der Waals surface area contributed by atoms with Crippen LogP contribution in [0.5, 0.6) is 0 Å². The first-order valence-corrected chi connectivity index (χ1v) is 9.16. The molecule has 2 aromatic rings. The number of methoxy groups -OCH3 is 1. The lowest BCUT2D eigenvalue weighted by molar-refractivity contribution is -0.114. The zero-order valence-corrected chi connectivity index (χ0v) is 17.6. The highest BCUT2D eigenvalue weighted by atomic mass is 35.5. The van der Waals surface area contributed by atoms with Crippen molar-refractivity contribution in [2.45, 2.75) is 6.61 Å². The maximum absolute atomic E-state index is 14.1. The van der Waals surface area contributed by atoms with Crippen LogP contribution in [0.15, 0.2) is 40.6 Å². The van der Waals surface area contributed by atoms with Crippen LogP contribution in [-0.2, 0) is 25.8 Å². The number of likely N-dealkylation sites (N-methyl/N-ethyl adjacent to an activating group) is 1. The third-order valence-electron chi connectivity index (χ3n) is 4.01. The molecule has 2 rings (SSSR count). The minimum atomic E-state index is -1.64. The van der Waals surface area contributed by atoms with Crippen LogP contribution in [0.1, 0.15) is 16.7 Å². The van der Waals surface area contributed by atoms with Gasteiger partial charge in [-0.1, -0.05) is 34.0 Å². The second-order valence-corrected chi connectivity index (χ2v) is 6.34. The number of amides is 1. The van der Waals surface area contributed by atoms with Gasteiger partial charge in [-0.15, -0.1) is 0 Å². The molecule has 0 atom stereocenters.